The van der Waals surface area contributed by atoms with Gasteiger partial charge in [0.15, 0.2) is 0 Å². The number of hydrogen-bond acceptors (Lipinski definition) is 5. The van der Waals surface area contributed by atoms with Crippen LogP contribution < -0.4 is 11.1 Å². The number of esters is 1. The van der Waals surface area contributed by atoms with Crippen molar-refractivity contribution in [2.24, 2.45) is 0 Å². The summed E-state index contributed by atoms with van der Waals surface area (Å²) >= 11 is 5.07. The van der Waals surface area contributed by atoms with E-state index in [-0.39, 0.29) is 5.97 Å². The lowest BCUT2D eigenvalue weighted by atomic mass is 10.1. The van der Waals surface area contributed by atoms with Crippen LogP contribution in [0.3, 0.4) is 0 Å². The van der Waals surface area contributed by atoms with Crippen LogP contribution in [-0.2, 0) is 11.3 Å². The standard InChI is InChI=1S/C13H13BrN2O2S/c1-18-13(17)8-2-4-10(15)11(6-8)16-7-9-3-5-12(14)19-9/h2-6,16H,7,15H2,1H3. The predicted molar refractivity (Wildman–Crippen MR) is 81.5 cm³/mol. The molecule has 0 atom stereocenters. The van der Waals surface area contributed by atoms with E-state index in [1.54, 1.807) is 29.5 Å². The smallest absolute Gasteiger partial charge is 0.337 e. The molecule has 100 valence electrons. The highest BCUT2D eigenvalue weighted by atomic mass is 79.9. The summed E-state index contributed by atoms with van der Waals surface area (Å²) in [7, 11) is 1.36. The summed E-state index contributed by atoms with van der Waals surface area (Å²) < 4.78 is 5.77. The highest BCUT2D eigenvalue weighted by Gasteiger charge is 2.08. The highest BCUT2D eigenvalue weighted by Crippen LogP contribution is 2.25. The van der Waals surface area contributed by atoms with Crippen LogP contribution in [0.4, 0.5) is 11.4 Å². The second-order valence-electron chi connectivity index (χ2n) is 3.85. The Hall–Kier alpha value is -1.53. The maximum Gasteiger partial charge on any atom is 0.337 e. The van der Waals surface area contributed by atoms with E-state index in [2.05, 4.69) is 26.0 Å². The van der Waals surface area contributed by atoms with Crippen molar-refractivity contribution in [1.82, 2.24) is 0 Å². The zero-order valence-electron chi connectivity index (χ0n) is 10.3. The van der Waals surface area contributed by atoms with Gasteiger partial charge in [0.1, 0.15) is 0 Å². The van der Waals surface area contributed by atoms with E-state index in [0.717, 1.165) is 9.47 Å². The maximum absolute atomic E-state index is 11.5. The monoisotopic (exact) mass is 340 g/mol. The Kier molecular flexibility index (Phi) is 4.44. The van der Waals surface area contributed by atoms with Crippen molar-refractivity contribution in [3.63, 3.8) is 0 Å². The minimum absolute atomic E-state index is 0.373. The van der Waals surface area contributed by atoms with Crippen LogP contribution in [0.5, 0.6) is 0 Å². The summed E-state index contributed by atoms with van der Waals surface area (Å²) in [6.07, 6.45) is 0. The number of nitrogens with one attached hydrogen (secondary N) is 1. The number of carbonyl (C=O) groups is 1. The average molecular weight is 341 g/mol. The van der Waals surface area contributed by atoms with Gasteiger partial charge in [0.05, 0.1) is 27.8 Å². The van der Waals surface area contributed by atoms with E-state index in [1.807, 2.05) is 12.1 Å². The van der Waals surface area contributed by atoms with Gasteiger partial charge in [-0.1, -0.05) is 0 Å². The third kappa shape index (κ3) is 3.48. The fourth-order valence-electron chi connectivity index (χ4n) is 1.58. The topological polar surface area (TPSA) is 64.3 Å². The van der Waals surface area contributed by atoms with Crippen molar-refractivity contribution in [3.05, 3.63) is 44.6 Å². The fraction of sp³-hybridized carbons (Fsp3) is 0.154. The first-order valence-corrected chi connectivity index (χ1v) is 7.17. The number of benzene rings is 1. The molecule has 0 radical (unpaired) electrons. The van der Waals surface area contributed by atoms with Crippen LogP contribution in [0.25, 0.3) is 0 Å². The van der Waals surface area contributed by atoms with Gasteiger partial charge >= 0.3 is 5.97 Å². The minimum Gasteiger partial charge on any atom is -0.465 e. The third-order valence-electron chi connectivity index (χ3n) is 2.56. The minimum atomic E-state index is -0.373. The molecule has 0 unspecified atom stereocenters. The molecule has 1 aromatic carbocycles. The molecule has 19 heavy (non-hydrogen) atoms. The maximum atomic E-state index is 11.5. The number of rotatable bonds is 4. The molecule has 0 amide bonds. The Labute approximate surface area is 123 Å². The molecule has 2 rings (SSSR count). The van der Waals surface area contributed by atoms with E-state index < -0.39 is 0 Å². The largest absolute Gasteiger partial charge is 0.465 e. The first-order chi connectivity index (χ1) is 9.10. The zero-order valence-corrected chi connectivity index (χ0v) is 12.7. The van der Waals surface area contributed by atoms with Gasteiger partial charge in [-0.05, 0) is 46.3 Å². The Morgan fingerprint density at radius 2 is 2.21 bits per heavy atom. The summed E-state index contributed by atoms with van der Waals surface area (Å²) in [5, 5.41) is 3.22. The van der Waals surface area contributed by atoms with E-state index >= 15 is 0 Å². The van der Waals surface area contributed by atoms with Gasteiger partial charge in [0, 0.05) is 11.4 Å². The summed E-state index contributed by atoms with van der Waals surface area (Å²) in [5.41, 5.74) is 7.69. The Bertz CT molecular complexity index is 598. The van der Waals surface area contributed by atoms with Crippen LogP contribution in [0.1, 0.15) is 15.2 Å². The molecule has 0 saturated heterocycles. The molecule has 2 aromatic rings. The second-order valence-corrected chi connectivity index (χ2v) is 6.40. The summed E-state index contributed by atoms with van der Waals surface area (Å²) in [6.45, 7) is 0.658. The van der Waals surface area contributed by atoms with Crippen LogP contribution >= 0.6 is 27.3 Å². The number of methoxy groups -OCH3 is 1. The first-order valence-electron chi connectivity index (χ1n) is 5.56. The Balaban J connectivity index is 2.12. The number of halogens is 1. The molecule has 0 bridgehead atoms. The van der Waals surface area contributed by atoms with Crippen molar-refractivity contribution >= 4 is 44.6 Å². The van der Waals surface area contributed by atoms with Crippen LogP contribution in [0.15, 0.2) is 34.1 Å². The number of nitrogen functional groups attached to an aromatic ring is 1. The molecular weight excluding hydrogens is 328 g/mol. The number of anilines is 2. The fourth-order valence-corrected chi connectivity index (χ4v) is 3.01. The predicted octanol–water partition coefficient (Wildman–Crippen LogP) is 3.49. The molecule has 4 nitrogen and oxygen atoms in total. The van der Waals surface area contributed by atoms with Gasteiger partial charge in [-0.3, -0.25) is 0 Å². The molecular formula is C13H13BrN2O2S. The number of hydrogen-bond donors (Lipinski definition) is 2. The lowest BCUT2D eigenvalue weighted by Gasteiger charge is -2.09. The average Bonchev–Trinajstić information content (AvgIpc) is 2.82. The molecule has 0 aliphatic carbocycles. The molecule has 6 heteroatoms. The van der Waals surface area contributed by atoms with E-state index in [1.165, 1.54) is 12.0 Å². The Morgan fingerprint density at radius 1 is 1.42 bits per heavy atom. The molecule has 1 aromatic heterocycles. The van der Waals surface area contributed by atoms with Gasteiger partial charge in [-0.15, -0.1) is 11.3 Å². The van der Waals surface area contributed by atoms with Gasteiger partial charge in [0.25, 0.3) is 0 Å². The van der Waals surface area contributed by atoms with Gasteiger partial charge < -0.3 is 15.8 Å². The molecule has 1 heterocycles. The van der Waals surface area contributed by atoms with Crippen LogP contribution in [0.2, 0.25) is 0 Å². The van der Waals surface area contributed by atoms with Gasteiger partial charge in [0.2, 0.25) is 0 Å². The number of nitrogens with two attached hydrogens (primary N) is 1. The van der Waals surface area contributed by atoms with Crippen molar-refractivity contribution in [3.8, 4) is 0 Å². The lowest BCUT2D eigenvalue weighted by Crippen LogP contribution is -2.05. The van der Waals surface area contributed by atoms with Crippen molar-refractivity contribution in [2.45, 2.75) is 6.54 Å². The van der Waals surface area contributed by atoms with Crippen molar-refractivity contribution < 1.29 is 9.53 Å². The molecule has 0 fully saturated rings. The molecule has 0 aliphatic rings. The number of ether oxygens (including phenoxy) is 1. The second kappa shape index (κ2) is 6.08. The van der Waals surface area contributed by atoms with Crippen molar-refractivity contribution in [1.29, 1.82) is 0 Å². The summed E-state index contributed by atoms with van der Waals surface area (Å²) in [6, 6.07) is 9.06. The normalized spacial score (nSPS) is 10.2. The van der Waals surface area contributed by atoms with E-state index in [4.69, 9.17) is 5.73 Å². The van der Waals surface area contributed by atoms with E-state index in [9.17, 15) is 4.79 Å². The summed E-state index contributed by atoms with van der Waals surface area (Å²) in [5.74, 6) is -0.373. The molecule has 0 saturated carbocycles. The van der Waals surface area contributed by atoms with E-state index in [0.29, 0.717) is 17.8 Å². The third-order valence-corrected chi connectivity index (χ3v) is 4.18. The lowest BCUT2D eigenvalue weighted by molar-refractivity contribution is 0.0601. The molecule has 3 N–H and O–H groups in total. The zero-order chi connectivity index (χ0) is 13.8. The van der Waals surface area contributed by atoms with Crippen molar-refractivity contribution in [2.75, 3.05) is 18.2 Å². The molecule has 0 aliphatic heterocycles. The molecule has 0 spiro atoms. The first kappa shape index (κ1) is 13.9. The summed E-state index contributed by atoms with van der Waals surface area (Å²) in [4.78, 5) is 12.6. The Morgan fingerprint density at radius 3 is 2.84 bits per heavy atom. The van der Waals surface area contributed by atoms with Crippen LogP contribution in [0, 0.1) is 0 Å². The SMILES string of the molecule is COC(=O)c1ccc(N)c(NCc2ccc(Br)s2)c1. The number of thiophene rings is 1. The van der Waals surface area contributed by atoms with Gasteiger partial charge in [-0.2, -0.15) is 0 Å². The quantitative estimate of drug-likeness (QED) is 0.660. The highest BCUT2D eigenvalue weighted by molar-refractivity contribution is 9.11. The number of carbonyl (C=O) groups excluding carboxylic acids is 1. The van der Waals surface area contributed by atoms with Crippen LogP contribution in [-0.4, -0.2) is 13.1 Å². The van der Waals surface area contributed by atoms with Gasteiger partial charge in [-0.25, -0.2) is 4.79 Å².